The van der Waals surface area contributed by atoms with Crippen molar-refractivity contribution in [3.63, 3.8) is 0 Å². The fraction of sp³-hybridized carbons (Fsp3) is 0.333. The van der Waals surface area contributed by atoms with Gasteiger partial charge in [-0.15, -0.1) is 0 Å². The molecule has 0 aliphatic carbocycles. The standard InChI is InChI=1S/C12H12FNO2/c1-2-16-12(15)4-3-9-5-10(8-14)7-11(13)6-9/h5-7H,2-4H2,1H3. The molecule has 1 rings (SSSR count). The normalized spacial score (nSPS) is 9.56. The topological polar surface area (TPSA) is 50.1 Å². The van der Waals surface area contributed by atoms with Crippen molar-refractivity contribution < 1.29 is 13.9 Å². The van der Waals surface area contributed by atoms with E-state index in [1.807, 2.05) is 6.07 Å². The van der Waals surface area contributed by atoms with Gasteiger partial charge in [-0.2, -0.15) is 5.26 Å². The summed E-state index contributed by atoms with van der Waals surface area (Å²) in [6, 6.07) is 5.92. The van der Waals surface area contributed by atoms with Gasteiger partial charge in [0.15, 0.2) is 0 Å². The summed E-state index contributed by atoms with van der Waals surface area (Å²) in [6.07, 6.45) is 0.577. The average Bonchev–Trinajstić information content (AvgIpc) is 2.26. The second-order valence-electron chi connectivity index (χ2n) is 3.26. The van der Waals surface area contributed by atoms with Crippen LogP contribution in [0.4, 0.5) is 4.39 Å². The van der Waals surface area contributed by atoms with E-state index in [9.17, 15) is 9.18 Å². The fourth-order valence-electron chi connectivity index (χ4n) is 1.34. The molecule has 0 aliphatic heterocycles. The summed E-state index contributed by atoms with van der Waals surface area (Å²) in [6.45, 7) is 2.07. The third kappa shape index (κ3) is 3.70. The Hall–Kier alpha value is -1.89. The van der Waals surface area contributed by atoms with E-state index in [1.165, 1.54) is 6.07 Å². The fourth-order valence-corrected chi connectivity index (χ4v) is 1.34. The molecule has 0 saturated heterocycles. The molecular weight excluding hydrogens is 209 g/mol. The zero-order valence-electron chi connectivity index (χ0n) is 9.00. The van der Waals surface area contributed by atoms with Gasteiger partial charge < -0.3 is 4.74 Å². The number of carbonyl (C=O) groups excluding carboxylic acids is 1. The van der Waals surface area contributed by atoms with E-state index in [2.05, 4.69) is 0 Å². The predicted molar refractivity (Wildman–Crippen MR) is 56.1 cm³/mol. The first-order chi connectivity index (χ1) is 7.65. The Morgan fingerprint density at radius 2 is 2.25 bits per heavy atom. The Morgan fingerprint density at radius 1 is 1.50 bits per heavy atom. The van der Waals surface area contributed by atoms with Gasteiger partial charge in [0.1, 0.15) is 5.82 Å². The van der Waals surface area contributed by atoms with Crippen molar-refractivity contribution in [1.82, 2.24) is 0 Å². The number of benzene rings is 1. The molecule has 0 radical (unpaired) electrons. The molecule has 84 valence electrons. The monoisotopic (exact) mass is 221 g/mol. The van der Waals surface area contributed by atoms with Gasteiger partial charge in [-0.3, -0.25) is 4.79 Å². The molecular formula is C12H12FNO2. The highest BCUT2D eigenvalue weighted by molar-refractivity contribution is 5.69. The molecule has 4 heteroatoms. The molecule has 16 heavy (non-hydrogen) atoms. The number of nitrogens with zero attached hydrogens (tertiary/aromatic N) is 1. The summed E-state index contributed by atoms with van der Waals surface area (Å²) in [5, 5.41) is 8.64. The van der Waals surface area contributed by atoms with Gasteiger partial charge in [0.25, 0.3) is 0 Å². The molecule has 0 saturated carbocycles. The molecule has 0 aromatic heterocycles. The second kappa shape index (κ2) is 5.86. The molecule has 3 nitrogen and oxygen atoms in total. The average molecular weight is 221 g/mol. The van der Waals surface area contributed by atoms with Crippen LogP contribution in [0.5, 0.6) is 0 Å². The van der Waals surface area contributed by atoms with E-state index in [1.54, 1.807) is 13.0 Å². The number of esters is 1. The Bertz CT molecular complexity index is 424. The van der Waals surface area contributed by atoms with Crippen molar-refractivity contribution in [1.29, 1.82) is 5.26 Å². The quantitative estimate of drug-likeness (QED) is 0.732. The third-order valence-corrected chi connectivity index (χ3v) is 2.01. The number of nitriles is 1. The highest BCUT2D eigenvalue weighted by atomic mass is 19.1. The van der Waals surface area contributed by atoms with Crippen LogP contribution in [0.3, 0.4) is 0 Å². The third-order valence-electron chi connectivity index (χ3n) is 2.01. The number of rotatable bonds is 4. The van der Waals surface area contributed by atoms with Crippen LogP contribution in [0.25, 0.3) is 0 Å². The Kier molecular flexibility index (Phi) is 4.46. The van der Waals surface area contributed by atoms with Gasteiger partial charge in [0.05, 0.1) is 18.2 Å². The zero-order valence-corrected chi connectivity index (χ0v) is 9.00. The lowest BCUT2D eigenvalue weighted by Gasteiger charge is -2.03. The van der Waals surface area contributed by atoms with Crippen molar-refractivity contribution >= 4 is 5.97 Å². The van der Waals surface area contributed by atoms with E-state index in [-0.39, 0.29) is 18.0 Å². The zero-order chi connectivity index (χ0) is 12.0. The summed E-state index contributed by atoms with van der Waals surface area (Å²) < 4.78 is 17.8. The number of hydrogen-bond acceptors (Lipinski definition) is 3. The number of halogens is 1. The van der Waals surface area contributed by atoms with Gasteiger partial charge in [-0.1, -0.05) is 0 Å². The van der Waals surface area contributed by atoms with Gasteiger partial charge in [-0.25, -0.2) is 4.39 Å². The molecule has 0 bridgehead atoms. The van der Waals surface area contributed by atoms with Crippen LogP contribution in [-0.4, -0.2) is 12.6 Å². The summed E-state index contributed by atoms with van der Waals surface area (Å²) in [5.74, 6) is -0.775. The number of aryl methyl sites for hydroxylation is 1. The summed E-state index contributed by atoms with van der Waals surface area (Å²) in [5.41, 5.74) is 0.892. The van der Waals surface area contributed by atoms with Crippen molar-refractivity contribution in [2.45, 2.75) is 19.8 Å². The van der Waals surface area contributed by atoms with E-state index in [0.29, 0.717) is 18.6 Å². The van der Waals surface area contributed by atoms with Crippen molar-refractivity contribution in [2.24, 2.45) is 0 Å². The molecule has 1 aromatic rings. The van der Waals surface area contributed by atoms with Gasteiger partial charge in [0.2, 0.25) is 0 Å². The number of hydrogen-bond donors (Lipinski definition) is 0. The first kappa shape index (κ1) is 12.2. The lowest BCUT2D eigenvalue weighted by molar-refractivity contribution is -0.143. The van der Waals surface area contributed by atoms with E-state index in [0.717, 1.165) is 6.07 Å². The smallest absolute Gasteiger partial charge is 0.306 e. The lowest BCUT2D eigenvalue weighted by atomic mass is 10.1. The van der Waals surface area contributed by atoms with E-state index < -0.39 is 5.82 Å². The summed E-state index contributed by atoms with van der Waals surface area (Å²) in [4.78, 5) is 11.1. The Labute approximate surface area is 93.5 Å². The maximum atomic E-state index is 13.0. The van der Waals surface area contributed by atoms with E-state index >= 15 is 0 Å². The largest absolute Gasteiger partial charge is 0.466 e. The SMILES string of the molecule is CCOC(=O)CCc1cc(F)cc(C#N)c1. The lowest BCUT2D eigenvalue weighted by Crippen LogP contribution is -2.05. The van der Waals surface area contributed by atoms with Crippen LogP contribution in [0.15, 0.2) is 18.2 Å². The predicted octanol–water partition coefficient (Wildman–Crippen LogP) is 2.19. The molecule has 0 spiro atoms. The Morgan fingerprint density at radius 3 is 2.88 bits per heavy atom. The van der Waals surface area contributed by atoms with Crippen molar-refractivity contribution in [3.8, 4) is 6.07 Å². The van der Waals surface area contributed by atoms with Crippen LogP contribution in [0.2, 0.25) is 0 Å². The summed E-state index contributed by atoms with van der Waals surface area (Å²) >= 11 is 0. The molecule has 0 fully saturated rings. The van der Waals surface area contributed by atoms with Gasteiger partial charge >= 0.3 is 5.97 Å². The van der Waals surface area contributed by atoms with Crippen LogP contribution in [-0.2, 0) is 16.0 Å². The second-order valence-corrected chi connectivity index (χ2v) is 3.26. The van der Waals surface area contributed by atoms with Crippen LogP contribution in [0, 0.1) is 17.1 Å². The van der Waals surface area contributed by atoms with E-state index in [4.69, 9.17) is 10.00 Å². The summed E-state index contributed by atoms with van der Waals surface area (Å²) in [7, 11) is 0. The first-order valence-corrected chi connectivity index (χ1v) is 5.01. The Balaban J connectivity index is 2.64. The van der Waals surface area contributed by atoms with Crippen LogP contribution in [0.1, 0.15) is 24.5 Å². The first-order valence-electron chi connectivity index (χ1n) is 5.01. The van der Waals surface area contributed by atoms with Crippen LogP contribution < -0.4 is 0 Å². The van der Waals surface area contributed by atoms with Gasteiger partial charge in [-0.05, 0) is 37.1 Å². The van der Waals surface area contributed by atoms with Crippen LogP contribution >= 0.6 is 0 Å². The van der Waals surface area contributed by atoms with Gasteiger partial charge in [0, 0.05) is 6.42 Å². The minimum atomic E-state index is -0.460. The molecule has 1 aromatic carbocycles. The highest BCUT2D eigenvalue weighted by Crippen LogP contribution is 2.10. The molecule has 0 unspecified atom stereocenters. The molecule has 0 aliphatic rings. The number of carbonyl (C=O) groups is 1. The van der Waals surface area contributed by atoms with Crippen molar-refractivity contribution in [2.75, 3.05) is 6.61 Å². The molecule has 0 atom stereocenters. The maximum Gasteiger partial charge on any atom is 0.306 e. The molecule has 0 N–H and O–H groups in total. The molecule has 0 amide bonds. The molecule has 0 heterocycles. The van der Waals surface area contributed by atoms with Crippen molar-refractivity contribution in [3.05, 3.63) is 35.1 Å². The minimum absolute atomic E-state index is 0.197. The number of ether oxygens (including phenoxy) is 1. The maximum absolute atomic E-state index is 13.0. The minimum Gasteiger partial charge on any atom is -0.466 e. The highest BCUT2D eigenvalue weighted by Gasteiger charge is 2.05.